The zero-order valence-electron chi connectivity index (χ0n) is 12.3. The van der Waals surface area contributed by atoms with Gasteiger partial charge in [0.05, 0.1) is 12.5 Å². The van der Waals surface area contributed by atoms with E-state index >= 15 is 0 Å². The van der Waals surface area contributed by atoms with Crippen molar-refractivity contribution in [3.8, 4) is 0 Å². The molecule has 0 heterocycles. The minimum Gasteiger partial charge on any atom is -0.481 e. The van der Waals surface area contributed by atoms with Crippen LogP contribution in [0.5, 0.6) is 0 Å². The van der Waals surface area contributed by atoms with Gasteiger partial charge in [0.2, 0.25) is 0 Å². The Morgan fingerprint density at radius 2 is 1.65 bits per heavy atom. The summed E-state index contributed by atoms with van der Waals surface area (Å²) in [7, 11) is 0. The SMILES string of the molecule is CCCCCCCc1ccc(C[C@@H](O)CC(=O)O)cc1. The molecule has 3 nitrogen and oxygen atoms in total. The largest absolute Gasteiger partial charge is 0.481 e. The molecule has 3 heteroatoms. The molecule has 1 aromatic rings. The maximum absolute atomic E-state index is 10.5. The zero-order chi connectivity index (χ0) is 14.8. The standard InChI is InChI=1S/C17H26O3/c1-2-3-4-5-6-7-14-8-10-15(11-9-14)12-16(18)13-17(19)20/h8-11,16,18H,2-7,12-13H2,1H3,(H,19,20)/t16-/m1/s1. The number of carboxylic acids is 1. The van der Waals surface area contributed by atoms with Crippen molar-refractivity contribution in [2.24, 2.45) is 0 Å². The number of aliphatic hydroxyl groups is 1. The third-order valence-corrected chi connectivity index (χ3v) is 3.47. The van der Waals surface area contributed by atoms with Crippen LogP contribution < -0.4 is 0 Å². The minimum absolute atomic E-state index is 0.195. The highest BCUT2D eigenvalue weighted by atomic mass is 16.4. The van der Waals surface area contributed by atoms with Crippen LogP contribution in [0.3, 0.4) is 0 Å². The third-order valence-electron chi connectivity index (χ3n) is 3.47. The molecule has 0 radical (unpaired) electrons. The Morgan fingerprint density at radius 1 is 1.05 bits per heavy atom. The smallest absolute Gasteiger partial charge is 0.305 e. The van der Waals surface area contributed by atoms with E-state index in [0.717, 1.165) is 12.0 Å². The van der Waals surface area contributed by atoms with Crippen molar-refractivity contribution in [2.45, 2.75) is 64.4 Å². The van der Waals surface area contributed by atoms with Gasteiger partial charge in [-0.3, -0.25) is 4.79 Å². The van der Waals surface area contributed by atoms with Gasteiger partial charge in [-0.1, -0.05) is 56.9 Å². The summed E-state index contributed by atoms with van der Waals surface area (Å²) in [5.41, 5.74) is 2.31. The summed E-state index contributed by atoms with van der Waals surface area (Å²) in [6, 6.07) is 8.16. The lowest BCUT2D eigenvalue weighted by atomic mass is 10.0. The van der Waals surface area contributed by atoms with Crippen LogP contribution in [0.1, 0.15) is 56.6 Å². The van der Waals surface area contributed by atoms with Crippen molar-refractivity contribution in [1.82, 2.24) is 0 Å². The lowest BCUT2D eigenvalue weighted by Crippen LogP contribution is -2.15. The molecule has 0 aliphatic rings. The van der Waals surface area contributed by atoms with Crippen LogP contribution in [0.15, 0.2) is 24.3 Å². The fourth-order valence-electron chi connectivity index (χ4n) is 2.32. The third kappa shape index (κ3) is 7.29. The maximum atomic E-state index is 10.5. The van der Waals surface area contributed by atoms with Gasteiger partial charge in [-0.2, -0.15) is 0 Å². The second-order valence-electron chi connectivity index (χ2n) is 5.44. The molecular weight excluding hydrogens is 252 g/mol. The first-order valence-electron chi connectivity index (χ1n) is 7.59. The number of aliphatic hydroxyl groups excluding tert-OH is 1. The van der Waals surface area contributed by atoms with Crippen LogP contribution in [0, 0.1) is 0 Å². The molecule has 0 aliphatic carbocycles. The molecular formula is C17H26O3. The summed E-state index contributed by atoms with van der Waals surface area (Å²) in [6.07, 6.45) is 6.93. The second kappa shape index (κ2) is 9.54. The van der Waals surface area contributed by atoms with Crippen LogP contribution in [-0.4, -0.2) is 22.3 Å². The van der Waals surface area contributed by atoms with Gasteiger partial charge >= 0.3 is 5.97 Å². The summed E-state index contributed by atoms with van der Waals surface area (Å²) in [4.78, 5) is 10.5. The number of carbonyl (C=O) groups is 1. The topological polar surface area (TPSA) is 57.5 Å². The average Bonchev–Trinajstić information content (AvgIpc) is 2.39. The quantitative estimate of drug-likeness (QED) is 0.643. The molecule has 0 saturated carbocycles. The Labute approximate surface area is 121 Å². The number of hydrogen-bond acceptors (Lipinski definition) is 2. The number of hydrogen-bond donors (Lipinski definition) is 2. The molecule has 112 valence electrons. The van der Waals surface area contributed by atoms with Crippen LogP contribution in [0.2, 0.25) is 0 Å². The van der Waals surface area contributed by atoms with Crippen molar-refractivity contribution >= 4 is 5.97 Å². The molecule has 0 saturated heterocycles. The molecule has 0 amide bonds. The van der Waals surface area contributed by atoms with Crippen LogP contribution in [0.25, 0.3) is 0 Å². The van der Waals surface area contributed by atoms with E-state index < -0.39 is 12.1 Å². The lowest BCUT2D eigenvalue weighted by molar-refractivity contribution is -0.139. The molecule has 2 N–H and O–H groups in total. The van der Waals surface area contributed by atoms with E-state index in [4.69, 9.17) is 5.11 Å². The van der Waals surface area contributed by atoms with E-state index in [9.17, 15) is 9.90 Å². The highest BCUT2D eigenvalue weighted by Crippen LogP contribution is 2.12. The summed E-state index contributed by atoms with van der Waals surface area (Å²) in [5, 5.41) is 18.2. The van der Waals surface area contributed by atoms with E-state index in [2.05, 4.69) is 19.1 Å². The Kier molecular flexibility index (Phi) is 7.97. The molecule has 0 fully saturated rings. The monoisotopic (exact) mass is 278 g/mol. The molecule has 0 bridgehead atoms. The number of unbranched alkanes of at least 4 members (excludes halogenated alkanes) is 4. The number of aryl methyl sites for hydroxylation is 1. The second-order valence-corrected chi connectivity index (χ2v) is 5.44. The van der Waals surface area contributed by atoms with Gasteiger partial charge in [0.25, 0.3) is 0 Å². The zero-order valence-corrected chi connectivity index (χ0v) is 12.3. The number of aliphatic carboxylic acids is 1. The summed E-state index contributed by atoms with van der Waals surface area (Å²) in [5.74, 6) is -0.957. The van der Waals surface area contributed by atoms with Gasteiger partial charge in [0.1, 0.15) is 0 Å². The Hall–Kier alpha value is -1.35. The van der Waals surface area contributed by atoms with Gasteiger partial charge in [-0.25, -0.2) is 0 Å². The van der Waals surface area contributed by atoms with Crippen molar-refractivity contribution in [3.63, 3.8) is 0 Å². The fraction of sp³-hybridized carbons (Fsp3) is 0.588. The van der Waals surface area contributed by atoms with Crippen LogP contribution >= 0.6 is 0 Å². The maximum Gasteiger partial charge on any atom is 0.305 e. The van der Waals surface area contributed by atoms with Gasteiger partial charge < -0.3 is 10.2 Å². The van der Waals surface area contributed by atoms with Crippen LogP contribution in [-0.2, 0) is 17.6 Å². The van der Waals surface area contributed by atoms with Gasteiger partial charge in [-0.05, 0) is 30.4 Å². The van der Waals surface area contributed by atoms with Crippen LogP contribution in [0.4, 0.5) is 0 Å². The molecule has 1 atom stereocenters. The normalized spacial score (nSPS) is 12.3. The lowest BCUT2D eigenvalue weighted by Gasteiger charge is -2.08. The van der Waals surface area contributed by atoms with E-state index in [1.165, 1.54) is 37.7 Å². The van der Waals surface area contributed by atoms with E-state index in [1.54, 1.807) is 0 Å². The fourth-order valence-corrected chi connectivity index (χ4v) is 2.32. The van der Waals surface area contributed by atoms with Crippen molar-refractivity contribution in [3.05, 3.63) is 35.4 Å². The predicted octanol–water partition coefficient (Wildman–Crippen LogP) is 3.58. The van der Waals surface area contributed by atoms with Crippen molar-refractivity contribution in [1.29, 1.82) is 0 Å². The van der Waals surface area contributed by atoms with E-state index in [1.807, 2.05) is 12.1 Å². The molecule has 20 heavy (non-hydrogen) atoms. The molecule has 0 unspecified atom stereocenters. The first kappa shape index (κ1) is 16.7. The highest BCUT2D eigenvalue weighted by Gasteiger charge is 2.10. The van der Waals surface area contributed by atoms with Crippen molar-refractivity contribution in [2.75, 3.05) is 0 Å². The van der Waals surface area contributed by atoms with E-state index in [0.29, 0.717) is 6.42 Å². The minimum atomic E-state index is -0.957. The number of carboxylic acid groups (broad SMARTS) is 1. The number of benzene rings is 1. The average molecular weight is 278 g/mol. The Balaban J connectivity index is 2.30. The molecule has 1 aromatic carbocycles. The number of rotatable bonds is 10. The van der Waals surface area contributed by atoms with Gasteiger partial charge in [0, 0.05) is 0 Å². The first-order chi connectivity index (χ1) is 9.61. The molecule has 1 rings (SSSR count). The Morgan fingerprint density at radius 3 is 2.25 bits per heavy atom. The van der Waals surface area contributed by atoms with Crippen molar-refractivity contribution < 1.29 is 15.0 Å². The first-order valence-corrected chi connectivity index (χ1v) is 7.59. The molecule has 0 aliphatic heterocycles. The van der Waals surface area contributed by atoms with Gasteiger partial charge in [0.15, 0.2) is 0 Å². The summed E-state index contributed by atoms with van der Waals surface area (Å²) in [6.45, 7) is 2.22. The predicted molar refractivity (Wildman–Crippen MR) is 80.9 cm³/mol. The molecule has 0 aromatic heterocycles. The molecule has 0 spiro atoms. The summed E-state index contributed by atoms with van der Waals surface area (Å²) >= 11 is 0. The highest BCUT2D eigenvalue weighted by molar-refractivity contribution is 5.67. The van der Waals surface area contributed by atoms with Gasteiger partial charge in [-0.15, -0.1) is 0 Å². The summed E-state index contributed by atoms with van der Waals surface area (Å²) < 4.78 is 0. The van der Waals surface area contributed by atoms with E-state index in [-0.39, 0.29) is 6.42 Å². The Bertz CT molecular complexity index is 384.